The van der Waals surface area contributed by atoms with Gasteiger partial charge in [-0.1, -0.05) is 24.3 Å². The fraction of sp³-hybridized carbons (Fsp3) is 0.250. The van der Waals surface area contributed by atoms with E-state index in [1.165, 1.54) is 0 Å². The summed E-state index contributed by atoms with van der Waals surface area (Å²) in [6, 6.07) is 7.89. The Bertz CT molecular complexity index is 451. The van der Waals surface area contributed by atoms with Crippen molar-refractivity contribution in [2.75, 3.05) is 6.61 Å². The summed E-state index contributed by atoms with van der Waals surface area (Å²) in [5.41, 5.74) is 0.967. The van der Waals surface area contributed by atoms with Crippen LogP contribution in [0.4, 0.5) is 0 Å². The Morgan fingerprint density at radius 3 is 2.80 bits per heavy atom. The van der Waals surface area contributed by atoms with E-state index in [0.29, 0.717) is 6.42 Å². The minimum absolute atomic E-state index is 0.219. The van der Waals surface area contributed by atoms with Crippen molar-refractivity contribution in [3.05, 3.63) is 42.2 Å². The highest BCUT2D eigenvalue weighted by Gasteiger charge is 2.07. The molecule has 2 aromatic rings. The summed E-state index contributed by atoms with van der Waals surface area (Å²) in [6.07, 6.45) is 3.26. The van der Waals surface area contributed by atoms with E-state index >= 15 is 0 Å². The van der Waals surface area contributed by atoms with Gasteiger partial charge >= 0.3 is 0 Å². The molecule has 0 saturated heterocycles. The van der Waals surface area contributed by atoms with Crippen molar-refractivity contribution in [3.8, 4) is 0 Å². The van der Waals surface area contributed by atoms with Gasteiger partial charge in [0, 0.05) is 24.2 Å². The maximum atomic E-state index is 9.39. The van der Waals surface area contributed by atoms with Crippen molar-refractivity contribution in [1.82, 2.24) is 4.98 Å². The van der Waals surface area contributed by atoms with E-state index in [9.17, 15) is 5.11 Å². The highest BCUT2D eigenvalue weighted by Crippen LogP contribution is 2.18. The Morgan fingerprint density at radius 1 is 1.20 bits per heavy atom. The first-order valence-corrected chi connectivity index (χ1v) is 4.92. The van der Waals surface area contributed by atoms with Crippen LogP contribution in [0, 0.1) is 0 Å². The molecule has 0 aliphatic heterocycles. The molecule has 0 aliphatic carbocycles. The fourth-order valence-electron chi connectivity index (χ4n) is 1.66. The molecule has 78 valence electrons. The number of nitrogens with zero attached hydrogens (tertiary/aromatic N) is 1. The molecule has 2 rings (SSSR count). The van der Waals surface area contributed by atoms with Crippen LogP contribution in [0.5, 0.6) is 0 Å². The lowest BCUT2D eigenvalue weighted by molar-refractivity contribution is 0.0957. The Kier molecular flexibility index (Phi) is 2.94. The van der Waals surface area contributed by atoms with Gasteiger partial charge in [0.05, 0.1) is 12.7 Å². The van der Waals surface area contributed by atoms with Gasteiger partial charge in [-0.15, -0.1) is 0 Å². The maximum Gasteiger partial charge on any atom is 0.0811 e. The lowest BCUT2D eigenvalue weighted by Gasteiger charge is -2.09. The third kappa shape index (κ3) is 2.14. The summed E-state index contributed by atoms with van der Waals surface area (Å²) >= 11 is 0. The third-order valence-corrected chi connectivity index (χ3v) is 2.42. The molecule has 1 aromatic heterocycles. The zero-order valence-electron chi connectivity index (χ0n) is 8.30. The van der Waals surface area contributed by atoms with Crippen LogP contribution in [-0.4, -0.2) is 27.9 Å². The first kappa shape index (κ1) is 10.1. The number of rotatable bonds is 3. The second-order valence-electron chi connectivity index (χ2n) is 3.56. The van der Waals surface area contributed by atoms with E-state index in [1.54, 1.807) is 12.4 Å². The fourth-order valence-corrected chi connectivity index (χ4v) is 1.66. The van der Waals surface area contributed by atoms with Gasteiger partial charge in [-0.3, -0.25) is 4.98 Å². The molecule has 0 spiro atoms. The molecular formula is C12H13NO2. The Balaban J connectivity index is 2.42. The third-order valence-electron chi connectivity index (χ3n) is 2.42. The number of aliphatic hydroxyl groups is 2. The molecule has 1 atom stereocenters. The highest BCUT2D eigenvalue weighted by molar-refractivity contribution is 5.84. The number of aliphatic hydroxyl groups excluding tert-OH is 2. The predicted octanol–water partition coefficient (Wildman–Crippen LogP) is 1.13. The van der Waals surface area contributed by atoms with Crippen molar-refractivity contribution in [2.24, 2.45) is 0 Å². The first-order chi connectivity index (χ1) is 7.31. The average molecular weight is 203 g/mol. The Hall–Kier alpha value is -1.45. The standard InChI is InChI=1S/C12H13NO2/c14-8-11(15)5-10-7-13-6-9-3-1-2-4-12(9)10/h1-4,6-7,11,14-15H,5,8H2. The summed E-state index contributed by atoms with van der Waals surface area (Å²) in [5, 5.41) is 20.3. The van der Waals surface area contributed by atoms with E-state index in [4.69, 9.17) is 5.11 Å². The van der Waals surface area contributed by atoms with E-state index in [2.05, 4.69) is 4.98 Å². The average Bonchev–Trinajstić information content (AvgIpc) is 2.29. The van der Waals surface area contributed by atoms with E-state index in [-0.39, 0.29) is 6.61 Å². The van der Waals surface area contributed by atoms with Crippen LogP contribution in [0.25, 0.3) is 10.8 Å². The molecule has 0 radical (unpaired) electrons. The smallest absolute Gasteiger partial charge is 0.0811 e. The van der Waals surface area contributed by atoms with Gasteiger partial charge in [-0.2, -0.15) is 0 Å². The second kappa shape index (κ2) is 4.38. The van der Waals surface area contributed by atoms with Crippen LogP contribution in [-0.2, 0) is 6.42 Å². The minimum atomic E-state index is -0.711. The van der Waals surface area contributed by atoms with E-state index in [1.807, 2.05) is 24.3 Å². The van der Waals surface area contributed by atoms with Crippen LogP contribution in [0.2, 0.25) is 0 Å². The van der Waals surface area contributed by atoms with Crippen molar-refractivity contribution in [1.29, 1.82) is 0 Å². The lowest BCUT2D eigenvalue weighted by Crippen LogP contribution is -2.15. The minimum Gasteiger partial charge on any atom is -0.394 e. The molecule has 15 heavy (non-hydrogen) atoms. The van der Waals surface area contributed by atoms with Crippen LogP contribution in [0.1, 0.15) is 5.56 Å². The number of pyridine rings is 1. The molecule has 1 aromatic carbocycles. The molecule has 3 nitrogen and oxygen atoms in total. The number of hydrogen-bond acceptors (Lipinski definition) is 3. The zero-order chi connectivity index (χ0) is 10.7. The largest absolute Gasteiger partial charge is 0.394 e. The summed E-state index contributed by atoms with van der Waals surface area (Å²) in [5.74, 6) is 0. The number of hydrogen-bond donors (Lipinski definition) is 2. The van der Waals surface area contributed by atoms with Crippen molar-refractivity contribution < 1.29 is 10.2 Å². The first-order valence-electron chi connectivity index (χ1n) is 4.92. The van der Waals surface area contributed by atoms with Gasteiger partial charge in [-0.25, -0.2) is 0 Å². The quantitative estimate of drug-likeness (QED) is 0.786. The van der Waals surface area contributed by atoms with Crippen LogP contribution >= 0.6 is 0 Å². The SMILES string of the molecule is OCC(O)Cc1cncc2ccccc12. The van der Waals surface area contributed by atoms with Crippen LogP contribution in [0.3, 0.4) is 0 Å². The molecule has 0 bridgehead atoms. The van der Waals surface area contributed by atoms with E-state index < -0.39 is 6.10 Å². The molecule has 1 unspecified atom stereocenters. The van der Waals surface area contributed by atoms with Crippen molar-refractivity contribution in [3.63, 3.8) is 0 Å². The van der Waals surface area contributed by atoms with E-state index in [0.717, 1.165) is 16.3 Å². The second-order valence-corrected chi connectivity index (χ2v) is 3.56. The molecule has 0 aliphatic rings. The summed E-state index contributed by atoms with van der Waals surface area (Å²) in [4.78, 5) is 4.11. The van der Waals surface area contributed by atoms with Gasteiger partial charge < -0.3 is 10.2 Å². The molecule has 0 amide bonds. The van der Waals surface area contributed by atoms with Crippen molar-refractivity contribution >= 4 is 10.8 Å². The predicted molar refractivity (Wildman–Crippen MR) is 58.5 cm³/mol. The molecule has 0 saturated carbocycles. The van der Waals surface area contributed by atoms with Gasteiger partial charge in [0.25, 0.3) is 0 Å². The van der Waals surface area contributed by atoms with Crippen molar-refractivity contribution in [2.45, 2.75) is 12.5 Å². The van der Waals surface area contributed by atoms with Gasteiger partial charge in [0.1, 0.15) is 0 Å². The van der Waals surface area contributed by atoms with Gasteiger partial charge in [0.2, 0.25) is 0 Å². The van der Waals surface area contributed by atoms with Gasteiger partial charge in [0.15, 0.2) is 0 Å². The highest BCUT2D eigenvalue weighted by atomic mass is 16.3. The van der Waals surface area contributed by atoms with Gasteiger partial charge in [-0.05, 0) is 10.9 Å². The molecule has 0 fully saturated rings. The molecule has 1 heterocycles. The topological polar surface area (TPSA) is 53.4 Å². The molecular weight excluding hydrogens is 190 g/mol. The van der Waals surface area contributed by atoms with Crippen LogP contribution in [0.15, 0.2) is 36.7 Å². The summed E-state index contributed by atoms with van der Waals surface area (Å²) < 4.78 is 0. The monoisotopic (exact) mass is 203 g/mol. The normalized spacial score (nSPS) is 12.9. The lowest BCUT2D eigenvalue weighted by atomic mass is 10.0. The Labute approximate surface area is 88.0 Å². The summed E-state index contributed by atoms with van der Waals surface area (Å²) in [6.45, 7) is -0.219. The van der Waals surface area contributed by atoms with Crippen LogP contribution < -0.4 is 0 Å². The summed E-state index contributed by atoms with van der Waals surface area (Å²) in [7, 11) is 0. The number of aromatic nitrogens is 1. The molecule has 3 heteroatoms. The Morgan fingerprint density at radius 2 is 2.00 bits per heavy atom. The maximum absolute atomic E-state index is 9.39. The number of benzene rings is 1. The number of fused-ring (bicyclic) bond motifs is 1. The zero-order valence-corrected chi connectivity index (χ0v) is 8.30. The molecule has 2 N–H and O–H groups in total.